The minimum atomic E-state index is 0.871. The van der Waals surface area contributed by atoms with Gasteiger partial charge in [0, 0.05) is 43.3 Å². The lowest BCUT2D eigenvalue weighted by atomic mass is 10.1. The van der Waals surface area contributed by atoms with Crippen molar-refractivity contribution in [3.63, 3.8) is 0 Å². The number of rotatable bonds is 5. The van der Waals surface area contributed by atoms with Crippen molar-refractivity contribution in [2.24, 2.45) is 5.92 Å². The fourth-order valence-electron chi connectivity index (χ4n) is 2.51. The van der Waals surface area contributed by atoms with Gasteiger partial charge < -0.3 is 10.2 Å². The molecule has 1 aliphatic heterocycles. The van der Waals surface area contributed by atoms with Gasteiger partial charge in [0.15, 0.2) is 0 Å². The summed E-state index contributed by atoms with van der Waals surface area (Å²) < 4.78 is 0. The summed E-state index contributed by atoms with van der Waals surface area (Å²) in [6, 6.07) is 2.16. The van der Waals surface area contributed by atoms with Gasteiger partial charge in [-0.25, -0.2) is 0 Å². The number of anilines is 1. The smallest absolute Gasteiger partial charge is 0.0442 e. The van der Waals surface area contributed by atoms with E-state index in [4.69, 9.17) is 0 Å². The third-order valence-corrected chi connectivity index (χ3v) is 3.65. The molecule has 0 aromatic carbocycles. The van der Waals surface area contributed by atoms with Crippen LogP contribution in [0.3, 0.4) is 0 Å². The molecule has 2 heterocycles. The van der Waals surface area contributed by atoms with Crippen molar-refractivity contribution >= 4 is 5.69 Å². The summed E-state index contributed by atoms with van der Waals surface area (Å²) >= 11 is 0. The first-order chi connectivity index (χ1) is 8.35. The molecular weight excluding hydrogens is 210 g/mol. The van der Waals surface area contributed by atoms with Crippen molar-refractivity contribution in [2.45, 2.75) is 33.2 Å². The summed E-state index contributed by atoms with van der Waals surface area (Å²) in [6.45, 7) is 8.76. The third-order valence-electron chi connectivity index (χ3n) is 3.65. The Bertz CT molecular complexity index is 351. The predicted molar refractivity (Wildman–Crippen MR) is 72.2 cm³/mol. The molecule has 1 aromatic rings. The average molecular weight is 233 g/mol. The van der Waals surface area contributed by atoms with Crippen molar-refractivity contribution in [1.29, 1.82) is 0 Å². The molecule has 0 radical (unpaired) electrons. The Morgan fingerprint density at radius 2 is 2.35 bits per heavy atom. The highest BCUT2D eigenvalue weighted by Crippen LogP contribution is 2.27. The quantitative estimate of drug-likeness (QED) is 0.846. The van der Waals surface area contributed by atoms with Crippen molar-refractivity contribution < 1.29 is 0 Å². The van der Waals surface area contributed by atoms with Gasteiger partial charge in [-0.05, 0) is 24.9 Å². The van der Waals surface area contributed by atoms with Gasteiger partial charge in [-0.3, -0.25) is 4.98 Å². The molecule has 0 spiro atoms. The SMILES string of the molecule is CCNCc1cnccc1N1CCC(CC)C1. The Hall–Kier alpha value is -1.09. The first-order valence-corrected chi connectivity index (χ1v) is 6.73. The molecule has 1 atom stereocenters. The van der Waals surface area contributed by atoms with Gasteiger partial charge in [-0.15, -0.1) is 0 Å². The van der Waals surface area contributed by atoms with Crippen LogP contribution in [0.2, 0.25) is 0 Å². The van der Waals surface area contributed by atoms with E-state index >= 15 is 0 Å². The van der Waals surface area contributed by atoms with E-state index in [2.05, 4.69) is 35.1 Å². The highest BCUT2D eigenvalue weighted by atomic mass is 15.2. The Balaban J connectivity index is 2.09. The van der Waals surface area contributed by atoms with E-state index in [9.17, 15) is 0 Å². The van der Waals surface area contributed by atoms with Crippen LogP contribution < -0.4 is 10.2 Å². The van der Waals surface area contributed by atoms with Gasteiger partial charge in [0.05, 0.1) is 0 Å². The lowest BCUT2D eigenvalue weighted by Gasteiger charge is -2.21. The maximum absolute atomic E-state index is 4.24. The number of nitrogens with one attached hydrogen (secondary N) is 1. The van der Waals surface area contributed by atoms with Crippen molar-refractivity contribution in [3.8, 4) is 0 Å². The zero-order valence-corrected chi connectivity index (χ0v) is 10.9. The first kappa shape index (κ1) is 12.4. The van der Waals surface area contributed by atoms with Crippen molar-refractivity contribution in [3.05, 3.63) is 24.0 Å². The summed E-state index contributed by atoms with van der Waals surface area (Å²) in [4.78, 5) is 6.76. The summed E-state index contributed by atoms with van der Waals surface area (Å²) in [5.41, 5.74) is 2.70. The summed E-state index contributed by atoms with van der Waals surface area (Å²) in [5, 5.41) is 3.39. The molecule has 17 heavy (non-hydrogen) atoms. The van der Waals surface area contributed by atoms with Gasteiger partial charge in [0.1, 0.15) is 0 Å². The molecule has 94 valence electrons. The highest BCUT2D eigenvalue weighted by Gasteiger charge is 2.22. The molecule has 2 rings (SSSR count). The van der Waals surface area contributed by atoms with Gasteiger partial charge in [-0.1, -0.05) is 20.3 Å². The minimum Gasteiger partial charge on any atom is -0.371 e. The minimum absolute atomic E-state index is 0.871. The zero-order valence-electron chi connectivity index (χ0n) is 10.9. The second-order valence-corrected chi connectivity index (χ2v) is 4.79. The molecule has 0 amide bonds. The predicted octanol–water partition coefficient (Wildman–Crippen LogP) is 2.43. The van der Waals surface area contributed by atoms with Crippen LogP contribution in [0.5, 0.6) is 0 Å². The van der Waals surface area contributed by atoms with Crippen molar-refractivity contribution in [2.75, 3.05) is 24.5 Å². The van der Waals surface area contributed by atoms with E-state index in [-0.39, 0.29) is 0 Å². The van der Waals surface area contributed by atoms with Crippen LogP contribution in [0.4, 0.5) is 5.69 Å². The Labute approximate surface area is 104 Å². The van der Waals surface area contributed by atoms with Crippen LogP contribution in [0.25, 0.3) is 0 Å². The molecule has 1 aromatic heterocycles. The molecule has 1 unspecified atom stereocenters. The van der Waals surface area contributed by atoms with Crippen LogP contribution in [-0.4, -0.2) is 24.6 Å². The molecule has 1 fully saturated rings. The lowest BCUT2D eigenvalue weighted by molar-refractivity contribution is 0.569. The molecule has 0 saturated carbocycles. The first-order valence-electron chi connectivity index (χ1n) is 6.73. The fourth-order valence-corrected chi connectivity index (χ4v) is 2.51. The van der Waals surface area contributed by atoms with Crippen LogP contribution in [0.15, 0.2) is 18.5 Å². The van der Waals surface area contributed by atoms with Crippen LogP contribution in [0, 0.1) is 5.92 Å². The molecule has 0 bridgehead atoms. The number of aromatic nitrogens is 1. The van der Waals surface area contributed by atoms with Gasteiger partial charge >= 0.3 is 0 Å². The molecule has 3 heteroatoms. The summed E-state index contributed by atoms with van der Waals surface area (Å²) in [7, 11) is 0. The molecule has 0 aliphatic carbocycles. The van der Waals surface area contributed by atoms with Crippen LogP contribution in [-0.2, 0) is 6.54 Å². The molecule has 1 saturated heterocycles. The Morgan fingerprint density at radius 1 is 1.47 bits per heavy atom. The van der Waals surface area contributed by atoms with Gasteiger partial charge in [0.25, 0.3) is 0 Å². The van der Waals surface area contributed by atoms with E-state index in [0.717, 1.165) is 19.0 Å². The molecular formula is C14H23N3. The highest BCUT2D eigenvalue weighted by molar-refractivity contribution is 5.53. The van der Waals surface area contributed by atoms with E-state index in [1.165, 1.54) is 37.2 Å². The van der Waals surface area contributed by atoms with E-state index in [1.54, 1.807) is 0 Å². The maximum atomic E-state index is 4.24. The standard InChI is InChI=1S/C14H23N3/c1-3-12-6-8-17(11-12)14-5-7-16-10-13(14)9-15-4-2/h5,7,10,12,15H,3-4,6,8-9,11H2,1-2H3. The molecule has 1 aliphatic rings. The fraction of sp³-hybridized carbons (Fsp3) is 0.643. The molecule has 3 nitrogen and oxygen atoms in total. The number of pyridine rings is 1. The lowest BCUT2D eigenvalue weighted by Crippen LogP contribution is -2.23. The molecule has 1 N–H and O–H groups in total. The normalized spacial score (nSPS) is 19.9. The number of hydrogen-bond donors (Lipinski definition) is 1. The second kappa shape index (κ2) is 6.01. The van der Waals surface area contributed by atoms with Gasteiger partial charge in [0.2, 0.25) is 0 Å². The maximum Gasteiger partial charge on any atom is 0.0442 e. The summed E-state index contributed by atoms with van der Waals surface area (Å²) in [6.07, 6.45) is 6.53. The zero-order chi connectivity index (χ0) is 12.1. The third kappa shape index (κ3) is 2.97. The van der Waals surface area contributed by atoms with Crippen LogP contribution >= 0.6 is 0 Å². The Morgan fingerprint density at radius 3 is 3.06 bits per heavy atom. The van der Waals surface area contributed by atoms with Crippen molar-refractivity contribution in [1.82, 2.24) is 10.3 Å². The summed E-state index contributed by atoms with van der Waals surface area (Å²) in [5.74, 6) is 0.871. The van der Waals surface area contributed by atoms with E-state index in [0.29, 0.717) is 0 Å². The van der Waals surface area contributed by atoms with E-state index in [1.807, 2.05) is 12.4 Å². The Kier molecular flexibility index (Phi) is 4.37. The van der Waals surface area contributed by atoms with E-state index < -0.39 is 0 Å². The van der Waals surface area contributed by atoms with Crippen LogP contribution in [0.1, 0.15) is 32.3 Å². The number of hydrogen-bond acceptors (Lipinski definition) is 3. The second-order valence-electron chi connectivity index (χ2n) is 4.79. The monoisotopic (exact) mass is 233 g/mol. The van der Waals surface area contributed by atoms with Gasteiger partial charge in [-0.2, -0.15) is 0 Å². The largest absolute Gasteiger partial charge is 0.371 e. The average Bonchev–Trinajstić information content (AvgIpc) is 2.85. The topological polar surface area (TPSA) is 28.2 Å². The number of nitrogens with zero attached hydrogens (tertiary/aromatic N) is 2.